The van der Waals surface area contributed by atoms with Crippen LogP contribution in [0.4, 0.5) is 5.95 Å². The topological polar surface area (TPSA) is 125 Å². The van der Waals surface area contributed by atoms with Gasteiger partial charge in [0.1, 0.15) is 5.75 Å². The Kier molecular flexibility index (Phi) is 5.42. The summed E-state index contributed by atoms with van der Waals surface area (Å²) in [5.74, 6) is -0.648. The molecule has 1 heterocycles. The summed E-state index contributed by atoms with van der Waals surface area (Å²) in [7, 11) is 1.44. The van der Waals surface area contributed by atoms with Gasteiger partial charge in [0.15, 0.2) is 0 Å². The highest BCUT2D eigenvalue weighted by atomic mass is 35.5. The highest BCUT2D eigenvalue weighted by Crippen LogP contribution is 2.22. The van der Waals surface area contributed by atoms with Gasteiger partial charge in [0.05, 0.1) is 24.9 Å². The Labute approximate surface area is 141 Å². The van der Waals surface area contributed by atoms with Crippen LogP contribution in [0.5, 0.6) is 5.75 Å². The smallest absolute Gasteiger partial charge is 0.490 e. The Hall–Kier alpha value is -3.01. The van der Waals surface area contributed by atoms with E-state index in [1.165, 1.54) is 24.2 Å². The van der Waals surface area contributed by atoms with Crippen LogP contribution in [0.3, 0.4) is 0 Å². The first-order valence-corrected chi connectivity index (χ1v) is 6.99. The minimum absolute atomic E-state index is 0.133. The molecule has 2 aromatic rings. The molecule has 2 rings (SSSR count). The predicted molar refractivity (Wildman–Crippen MR) is 85.3 cm³/mol. The number of carbonyl (C=O) groups is 1. The Morgan fingerprint density at radius 2 is 2.29 bits per heavy atom. The summed E-state index contributed by atoms with van der Waals surface area (Å²) in [5.41, 5.74) is 3.06. The van der Waals surface area contributed by atoms with E-state index in [0.29, 0.717) is 16.5 Å². The van der Waals surface area contributed by atoms with Gasteiger partial charge in [-0.3, -0.25) is 4.79 Å². The molecule has 1 amide bonds. The van der Waals surface area contributed by atoms with Gasteiger partial charge in [0.2, 0.25) is 6.33 Å². The van der Waals surface area contributed by atoms with Crippen LogP contribution in [0.1, 0.15) is 17.3 Å². The number of nitrogens with one attached hydrogen (secondary N) is 1. The highest BCUT2D eigenvalue weighted by molar-refractivity contribution is 6.31. The second-order valence-electron chi connectivity index (χ2n) is 4.63. The van der Waals surface area contributed by atoms with Gasteiger partial charge in [0, 0.05) is 10.1 Å². The maximum absolute atomic E-state index is 12.1. The molecule has 0 unspecified atom stereocenters. The molecule has 1 N–H and O–H groups in total. The fraction of sp³-hybridized carbons (Fsp3) is 0.231. The van der Waals surface area contributed by atoms with Crippen LogP contribution in [-0.4, -0.2) is 38.4 Å². The lowest BCUT2D eigenvalue weighted by Crippen LogP contribution is -2.21. The zero-order valence-corrected chi connectivity index (χ0v) is 13.5. The first kappa shape index (κ1) is 17.3. The average Bonchev–Trinajstić information content (AvgIpc) is 3.01. The van der Waals surface area contributed by atoms with Crippen molar-refractivity contribution in [1.29, 1.82) is 0 Å². The molecular weight excluding hydrogens is 340 g/mol. The predicted octanol–water partition coefficient (Wildman–Crippen LogP) is 1.65. The van der Waals surface area contributed by atoms with Crippen LogP contribution in [0, 0.1) is 10.1 Å². The Balaban J connectivity index is 2.05. The molecule has 0 aliphatic carbocycles. The quantitative estimate of drug-likeness (QED) is 0.478. The Morgan fingerprint density at radius 1 is 1.54 bits per heavy atom. The molecule has 1 aromatic carbocycles. The van der Waals surface area contributed by atoms with Crippen molar-refractivity contribution in [2.45, 2.75) is 13.5 Å². The summed E-state index contributed by atoms with van der Waals surface area (Å²) in [5, 5.41) is 18.5. The van der Waals surface area contributed by atoms with E-state index in [2.05, 4.69) is 20.6 Å². The zero-order chi connectivity index (χ0) is 17.7. The number of hydrazone groups is 1. The maximum atomic E-state index is 12.1. The van der Waals surface area contributed by atoms with E-state index < -0.39 is 16.8 Å². The monoisotopic (exact) mass is 352 g/mol. The number of rotatable bonds is 6. The lowest BCUT2D eigenvalue weighted by molar-refractivity contribution is -0.394. The van der Waals surface area contributed by atoms with Gasteiger partial charge < -0.3 is 14.9 Å². The van der Waals surface area contributed by atoms with Crippen LogP contribution in [-0.2, 0) is 6.54 Å². The van der Waals surface area contributed by atoms with Crippen molar-refractivity contribution in [3.05, 3.63) is 45.2 Å². The van der Waals surface area contributed by atoms with Crippen molar-refractivity contribution in [1.82, 2.24) is 20.2 Å². The Bertz CT molecular complexity index is 804. The van der Waals surface area contributed by atoms with E-state index in [-0.39, 0.29) is 12.1 Å². The van der Waals surface area contributed by atoms with Crippen LogP contribution in [0.25, 0.3) is 0 Å². The van der Waals surface area contributed by atoms with Gasteiger partial charge in [0.25, 0.3) is 5.91 Å². The number of nitrogens with zero attached hydrogens (tertiary/aromatic N) is 5. The van der Waals surface area contributed by atoms with E-state index in [1.54, 1.807) is 19.1 Å². The van der Waals surface area contributed by atoms with Gasteiger partial charge in [-0.1, -0.05) is 16.6 Å². The maximum Gasteiger partial charge on any atom is 0.490 e. The van der Waals surface area contributed by atoms with Gasteiger partial charge in [-0.25, -0.2) is 5.43 Å². The van der Waals surface area contributed by atoms with Crippen molar-refractivity contribution in [3.8, 4) is 5.75 Å². The van der Waals surface area contributed by atoms with Gasteiger partial charge in [-0.05, 0) is 30.0 Å². The summed E-state index contributed by atoms with van der Waals surface area (Å²) in [4.78, 5) is 25.5. The standard InChI is InChI=1S/C13H13ClN6O4/c1-8(6-19-7-15-13(18-19)20(22)23)16-17-12(21)10-5-9(14)3-4-11(10)24-2/h3-5,7H,6H2,1-2H3,(H,17,21). The third-order valence-electron chi connectivity index (χ3n) is 2.83. The molecule has 0 saturated carbocycles. The molecule has 0 atom stereocenters. The number of hydrogen-bond acceptors (Lipinski definition) is 7. The van der Waals surface area contributed by atoms with E-state index in [0.717, 1.165) is 0 Å². The molecule has 0 aliphatic rings. The number of ether oxygens (including phenoxy) is 1. The lowest BCUT2D eigenvalue weighted by Gasteiger charge is -2.07. The number of nitro groups is 1. The number of carbonyl (C=O) groups excluding carboxylic acids is 1. The van der Waals surface area contributed by atoms with Crippen molar-refractivity contribution in [2.24, 2.45) is 5.10 Å². The van der Waals surface area contributed by atoms with Crippen LogP contribution in [0.2, 0.25) is 5.02 Å². The van der Waals surface area contributed by atoms with Gasteiger partial charge in [-0.2, -0.15) is 9.78 Å². The number of benzene rings is 1. The number of amides is 1. The average molecular weight is 353 g/mol. The van der Waals surface area contributed by atoms with Crippen molar-refractivity contribution in [2.75, 3.05) is 7.11 Å². The van der Waals surface area contributed by atoms with Gasteiger partial charge >= 0.3 is 5.95 Å². The molecule has 24 heavy (non-hydrogen) atoms. The molecule has 0 saturated heterocycles. The molecule has 0 radical (unpaired) electrons. The van der Waals surface area contributed by atoms with Crippen molar-refractivity contribution in [3.63, 3.8) is 0 Å². The highest BCUT2D eigenvalue weighted by Gasteiger charge is 2.14. The third kappa shape index (κ3) is 4.26. The number of methoxy groups -OCH3 is 1. The van der Waals surface area contributed by atoms with E-state index in [1.807, 2.05) is 0 Å². The number of hydrogen-bond donors (Lipinski definition) is 1. The lowest BCUT2D eigenvalue weighted by atomic mass is 10.2. The summed E-state index contributed by atoms with van der Waals surface area (Å²) < 4.78 is 6.33. The molecule has 0 fully saturated rings. The van der Waals surface area contributed by atoms with Crippen LogP contribution < -0.4 is 10.2 Å². The first-order chi connectivity index (χ1) is 11.4. The fourth-order valence-electron chi connectivity index (χ4n) is 1.78. The number of halogens is 1. The van der Waals surface area contributed by atoms with Crippen LogP contribution in [0.15, 0.2) is 29.6 Å². The molecular formula is C13H13ClN6O4. The summed E-state index contributed by atoms with van der Waals surface area (Å²) in [6.45, 7) is 1.76. The summed E-state index contributed by atoms with van der Waals surface area (Å²) in [6.07, 6.45) is 1.21. The molecule has 11 heteroatoms. The molecule has 126 valence electrons. The Morgan fingerprint density at radius 3 is 2.92 bits per heavy atom. The normalized spacial score (nSPS) is 11.2. The minimum atomic E-state index is -0.698. The van der Waals surface area contributed by atoms with Gasteiger partial charge in [-0.15, -0.1) is 0 Å². The second-order valence-corrected chi connectivity index (χ2v) is 5.07. The molecule has 0 aliphatic heterocycles. The number of aromatic nitrogens is 3. The molecule has 10 nitrogen and oxygen atoms in total. The van der Waals surface area contributed by atoms with E-state index >= 15 is 0 Å². The molecule has 0 bridgehead atoms. The van der Waals surface area contributed by atoms with Crippen molar-refractivity contribution >= 4 is 29.2 Å². The zero-order valence-electron chi connectivity index (χ0n) is 12.8. The minimum Gasteiger partial charge on any atom is -0.496 e. The molecule has 1 aromatic heterocycles. The third-order valence-corrected chi connectivity index (χ3v) is 3.07. The van der Waals surface area contributed by atoms with Crippen molar-refractivity contribution < 1.29 is 14.5 Å². The molecule has 0 spiro atoms. The fourth-order valence-corrected chi connectivity index (χ4v) is 1.95. The second kappa shape index (κ2) is 7.51. The van der Waals surface area contributed by atoms with E-state index in [9.17, 15) is 14.9 Å². The SMILES string of the molecule is COc1ccc(Cl)cc1C(=O)NN=C(C)Cn1cnc([N+](=O)[O-])n1. The summed E-state index contributed by atoms with van der Waals surface area (Å²) >= 11 is 5.87. The first-order valence-electron chi connectivity index (χ1n) is 6.61. The van der Waals surface area contributed by atoms with E-state index in [4.69, 9.17) is 16.3 Å². The van der Waals surface area contributed by atoms with Crippen LogP contribution >= 0.6 is 11.6 Å². The largest absolute Gasteiger partial charge is 0.496 e. The summed E-state index contributed by atoms with van der Waals surface area (Å²) in [6, 6.07) is 4.63.